The maximum Gasteiger partial charge on any atom is 0.0971 e. The van der Waals surface area contributed by atoms with Crippen LogP contribution < -0.4 is 0 Å². The van der Waals surface area contributed by atoms with Gasteiger partial charge in [0.15, 0.2) is 0 Å². The van der Waals surface area contributed by atoms with Crippen molar-refractivity contribution in [2.24, 2.45) is 0 Å². The fraction of sp³-hybridized carbons (Fsp3) is 0.276. The molecule has 0 amide bonds. The summed E-state index contributed by atoms with van der Waals surface area (Å²) in [6.45, 7) is 5.08. The van der Waals surface area contributed by atoms with Crippen molar-refractivity contribution in [3.63, 3.8) is 0 Å². The van der Waals surface area contributed by atoms with Crippen LogP contribution in [0.3, 0.4) is 0 Å². The molecule has 1 unspecified atom stereocenters. The van der Waals surface area contributed by atoms with E-state index >= 15 is 0 Å². The highest BCUT2D eigenvalue weighted by molar-refractivity contribution is 5.79. The predicted molar refractivity (Wildman–Crippen MR) is 125 cm³/mol. The number of hydrogen-bond acceptors (Lipinski definition) is 1. The monoisotopic (exact) mass is 394 g/mol. The Hall–Kier alpha value is -2.86. The largest absolute Gasteiger partial charge is 0.370 e. The van der Waals surface area contributed by atoms with E-state index in [1.54, 1.807) is 0 Å². The fourth-order valence-corrected chi connectivity index (χ4v) is 4.19. The molecule has 30 heavy (non-hydrogen) atoms. The average Bonchev–Trinajstić information content (AvgIpc) is 2.80. The van der Waals surface area contributed by atoms with Crippen LogP contribution in [-0.4, -0.2) is 6.61 Å². The second kappa shape index (κ2) is 9.30. The van der Waals surface area contributed by atoms with Crippen molar-refractivity contribution in [1.82, 2.24) is 0 Å². The summed E-state index contributed by atoms with van der Waals surface area (Å²) in [4.78, 5) is 0. The number of aryl methyl sites for hydroxylation is 2. The van der Waals surface area contributed by atoms with Crippen LogP contribution in [0.4, 0.5) is 0 Å². The van der Waals surface area contributed by atoms with Crippen LogP contribution in [-0.2, 0) is 10.3 Å². The van der Waals surface area contributed by atoms with E-state index in [4.69, 9.17) is 4.74 Å². The Morgan fingerprint density at radius 3 is 1.97 bits per heavy atom. The second-order valence-corrected chi connectivity index (χ2v) is 8.33. The Morgan fingerprint density at radius 2 is 1.43 bits per heavy atom. The third kappa shape index (κ3) is 4.65. The van der Waals surface area contributed by atoms with Crippen molar-refractivity contribution < 1.29 is 4.74 Å². The Labute approximate surface area is 180 Å². The van der Waals surface area contributed by atoms with Gasteiger partial charge in [0.2, 0.25) is 0 Å². The van der Waals surface area contributed by atoms with Gasteiger partial charge in [-0.2, -0.15) is 0 Å². The SMILES string of the molecule is Cc1ccc(C(=C=CCC2(c3ccccc3)CCCCO2)c2ccc(C)cc2)cc1. The van der Waals surface area contributed by atoms with E-state index in [0.29, 0.717) is 0 Å². The maximum atomic E-state index is 6.40. The van der Waals surface area contributed by atoms with Crippen LogP contribution >= 0.6 is 0 Å². The minimum absolute atomic E-state index is 0.238. The van der Waals surface area contributed by atoms with Crippen molar-refractivity contribution in [3.8, 4) is 0 Å². The molecule has 3 aromatic carbocycles. The lowest BCUT2D eigenvalue weighted by atomic mass is 9.83. The van der Waals surface area contributed by atoms with Crippen molar-refractivity contribution in [2.75, 3.05) is 6.61 Å². The molecule has 3 aromatic rings. The molecular weight excluding hydrogens is 364 g/mol. The van der Waals surface area contributed by atoms with Gasteiger partial charge in [0.05, 0.1) is 5.60 Å². The normalized spacial score (nSPS) is 18.5. The summed E-state index contributed by atoms with van der Waals surface area (Å²) in [6, 6.07) is 28.1. The lowest BCUT2D eigenvalue weighted by Gasteiger charge is -2.37. The van der Waals surface area contributed by atoms with Crippen LogP contribution in [0, 0.1) is 13.8 Å². The molecule has 152 valence electrons. The molecule has 1 aliphatic rings. The molecule has 0 N–H and O–H groups in total. The summed E-state index contributed by atoms with van der Waals surface area (Å²) in [7, 11) is 0. The summed E-state index contributed by atoms with van der Waals surface area (Å²) >= 11 is 0. The zero-order chi connectivity index (χ0) is 20.8. The van der Waals surface area contributed by atoms with Gasteiger partial charge in [0.25, 0.3) is 0 Å². The molecule has 1 heterocycles. The molecule has 0 saturated carbocycles. The molecule has 1 nitrogen and oxygen atoms in total. The molecule has 0 radical (unpaired) electrons. The van der Waals surface area contributed by atoms with Crippen molar-refractivity contribution in [2.45, 2.75) is 45.1 Å². The van der Waals surface area contributed by atoms with Gasteiger partial charge < -0.3 is 4.74 Å². The molecule has 0 aromatic heterocycles. The zero-order valence-corrected chi connectivity index (χ0v) is 18.0. The van der Waals surface area contributed by atoms with Gasteiger partial charge in [-0.15, -0.1) is 5.73 Å². The summed E-state index contributed by atoms with van der Waals surface area (Å²) < 4.78 is 6.40. The van der Waals surface area contributed by atoms with Crippen molar-refractivity contribution in [1.29, 1.82) is 0 Å². The highest BCUT2D eigenvalue weighted by Gasteiger charge is 2.33. The van der Waals surface area contributed by atoms with Gasteiger partial charge in [0, 0.05) is 18.6 Å². The maximum absolute atomic E-state index is 6.40. The number of ether oxygens (including phenoxy) is 1. The minimum atomic E-state index is -0.238. The first-order chi connectivity index (χ1) is 14.7. The first kappa shape index (κ1) is 20.4. The number of hydrogen-bond donors (Lipinski definition) is 0. The molecular formula is C29H30O. The molecule has 1 aliphatic heterocycles. The van der Waals surface area contributed by atoms with Gasteiger partial charge in [-0.05, 0) is 55.9 Å². The van der Waals surface area contributed by atoms with Gasteiger partial charge >= 0.3 is 0 Å². The number of benzene rings is 3. The van der Waals surface area contributed by atoms with E-state index in [2.05, 4.69) is 105 Å². The lowest BCUT2D eigenvalue weighted by Crippen LogP contribution is -2.33. The van der Waals surface area contributed by atoms with Gasteiger partial charge in [-0.3, -0.25) is 0 Å². The zero-order valence-electron chi connectivity index (χ0n) is 18.0. The Balaban J connectivity index is 1.73. The van der Waals surface area contributed by atoms with Crippen LogP contribution in [0.2, 0.25) is 0 Å². The Morgan fingerprint density at radius 1 is 0.833 bits per heavy atom. The van der Waals surface area contributed by atoms with Gasteiger partial charge in [-0.25, -0.2) is 0 Å². The van der Waals surface area contributed by atoms with Gasteiger partial charge in [0.1, 0.15) is 0 Å². The number of rotatable bonds is 5. The molecule has 0 spiro atoms. The van der Waals surface area contributed by atoms with Crippen LogP contribution in [0.25, 0.3) is 5.57 Å². The average molecular weight is 395 g/mol. The molecule has 1 atom stereocenters. The van der Waals surface area contributed by atoms with E-state index in [9.17, 15) is 0 Å². The van der Waals surface area contributed by atoms with Crippen LogP contribution in [0.5, 0.6) is 0 Å². The van der Waals surface area contributed by atoms with Crippen molar-refractivity contribution in [3.05, 3.63) is 118 Å². The summed E-state index contributed by atoms with van der Waals surface area (Å²) in [5.41, 5.74) is 10.7. The lowest BCUT2D eigenvalue weighted by molar-refractivity contribution is -0.0818. The van der Waals surface area contributed by atoms with E-state index in [-0.39, 0.29) is 5.60 Å². The van der Waals surface area contributed by atoms with Gasteiger partial charge in [-0.1, -0.05) is 90.0 Å². The van der Waals surface area contributed by atoms with E-state index in [1.807, 2.05) is 0 Å². The second-order valence-electron chi connectivity index (χ2n) is 8.33. The summed E-state index contributed by atoms with van der Waals surface area (Å²) in [5.74, 6) is 0. The quantitative estimate of drug-likeness (QED) is 0.410. The molecule has 1 heteroatoms. The van der Waals surface area contributed by atoms with E-state index in [1.165, 1.54) is 34.2 Å². The molecule has 4 rings (SSSR count). The first-order valence-electron chi connectivity index (χ1n) is 11.0. The van der Waals surface area contributed by atoms with Crippen molar-refractivity contribution >= 4 is 5.57 Å². The molecule has 1 fully saturated rings. The minimum Gasteiger partial charge on any atom is -0.370 e. The highest BCUT2D eigenvalue weighted by Crippen LogP contribution is 2.38. The summed E-state index contributed by atoms with van der Waals surface area (Å²) in [5, 5.41) is 0. The third-order valence-electron chi connectivity index (χ3n) is 6.01. The first-order valence-corrected chi connectivity index (χ1v) is 11.0. The van der Waals surface area contributed by atoms with Crippen LogP contribution in [0.1, 0.15) is 53.5 Å². The molecule has 0 bridgehead atoms. The summed E-state index contributed by atoms with van der Waals surface area (Å²) in [6.07, 6.45) is 6.42. The predicted octanol–water partition coefficient (Wildman–Crippen LogP) is 7.38. The topological polar surface area (TPSA) is 9.23 Å². The molecule has 0 aliphatic carbocycles. The van der Waals surface area contributed by atoms with E-state index < -0.39 is 0 Å². The Kier molecular flexibility index (Phi) is 6.33. The third-order valence-corrected chi connectivity index (χ3v) is 6.01. The molecule has 1 saturated heterocycles. The smallest absolute Gasteiger partial charge is 0.0971 e. The Bertz CT molecular complexity index is 966. The fourth-order valence-electron chi connectivity index (χ4n) is 4.19. The van der Waals surface area contributed by atoms with E-state index in [0.717, 1.165) is 31.4 Å². The highest BCUT2D eigenvalue weighted by atomic mass is 16.5. The standard InChI is InChI=1S/C29H30O/c1-23-12-16-25(17-13-23)28(26-18-14-24(2)15-19-26)11-8-21-29(20-6-7-22-30-29)27-9-4-3-5-10-27/h3-5,8-10,12-19H,6-7,20-22H2,1-2H3. The van der Waals surface area contributed by atoms with Crippen LogP contribution in [0.15, 0.2) is 90.7 Å².